The van der Waals surface area contributed by atoms with E-state index in [4.69, 9.17) is 13.8 Å². The van der Waals surface area contributed by atoms with Gasteiger partial charge in [-0.1, -0.05) is 279 Å². The number of esters is 1. The molecule has 0 aliphatic carbocycles. The van der Waals surface area contributed by atoms with Gasteiger partial charge in [0.25, 0.3) is 0 Å². The van der Waals surface area contributed by atoms with Crippen molar-refractivity contribution in [2.24, 2.45) is 0 Å². The van der Waals surface area contributed by atoms with E-state index in [9.17, 15) is 19.0 Å². The maximum atomic E-state index is 13.6. The maximum Gasteiger partial charge on any atom is 0.472 e. The van der Waals surface area contributed by atoms with Crippen molar-refractivity contribution in [1.82, 2.24) is 5.32 Å². The summed E-state index contributed by atoms with van der Waals surface area (Å²) in [5.74, 6) is -0.514. The third kappa shape index (κ3) is 63.3. The number of amides is 1. The summed E-state index contributed by atoms with van der Waals surface area (Å²) in [6, 6.07) is -0.859. The average Bonchev–Trinajstić information content (AvgIpc) is 3.47. The van der Waals surface area contributed by atoms with Crippen molar-refractivity contribution in [3.63, 3.8) is 0 Å². The molecule has 9 nitrogen and oxygen atoms in total. The number of nitrogens with zero attached hydrogens (tertiary/aromatic N) is 1. The largest absolute Gasteiger partial charge is 0.472 e. The molecule has 3 unspecified atom stereocenters. The maximum absolute atomic E-state index is 13.6. The Hall–Kier alpha value is -3.07. The van der Waals surface area contributed by atoms with Gasteiger partial charge in [0.1, 0.15) is 19.3 Å². The molecule has 0 fully saturated rings. The minimum Gasteiger partial charge on any atom is -0.456 e. The smallest absolute Gasteiger partial charge is 0.456 e. The van der Waals surface area contributed by atoms with Gasteiger partial charge in [0.15, 0.2) is 0 Å². The van der Waals surface area contributed by atoms with Crippen LogP contribution in [0, 0.1) is 0 Å². The van der Waals surface area contributed by atoms with E-state index in [1.165, 1.54) is 161 Å². The van der Waals surface area contributed by atoms with Gasteiger partial charge in [0.2, 0.25) is 5.91 Å². The zero-order valence-electron chi connectivity index (χ0n) is 54.9. The van der Waals surface area contributed by atoms with Gasteiger partial charge in [-0.15, -0.1) is 0 Å². The Labute approximate surface area is 513 Å². The molecule has 0 radical (unpaired) electrons. The van der Waals surface area contributed by atoms with Gasteiger partial charge in [0, 0.05) is 12.8 Å². The van der Waals surface area contributed by atoms with Crippen LogP contribution in [0.15, 0.2) is 97.2 Å². The first-order chi connectivity index (χ1) is 40.4. The number of hydrogen-bond acceptors (Lipinski definition) is 6. The Balaban J connectivity index is 5.11. The van der Waals surface area contributed by atoms with Crippen LogP contribution in [0.2, 0.25) is 0 Å². The number of carbonyl (C=O) groups is 2. The molecule has 0 bridgehead atoms. The summed E-state index contributed by atoms with van der Waals surface area (Å²) in [5, 5.41) is 3.06. The highest BCUT2D eigenvalue weighted by Crippen LogP contribution is 2.43. The van der Waals surface area contributed by atoms with Gasteiger partial charge >= 0.3 is 13.8 Å². The van der Waals surface area contributed by atoms with Crippen LogP contribution < -0.4 is 5.32 Å². The number of allylic oxidation sites excluding steroid dienone is 15. The van der Waals surface area contributed by atoms with Crippen LogP contribution in [0.25, 0.3) is 0 Å². The van der Waals surface area contributed by atoms with Crippen molar-refractivity contribution in [1.29, 1.82) is 0 Å². The van der Waals surface area contributed by atoms with Crippen molar-refractivity contribution in [3.8, 4) is 0 Å². The molecule has 0 heterocycles. The number of ether oxygens (including phenoxy) is 1. The summed E-state index contributed by atoms with van der Waals surface area (Å²) < 4.78 is 30.8. The summed E-state index contributed by atoms with van der Waals surface area (Å²) in [6.07, 6.45) is 84.1. The molecular weight excluding hydrogens is 1050 g/mol. The number of hydrogen-bond donors (Lipinski definition) is 2. The highest BCUT2D eigenvalue weighted by atomic mass is 31.2. The summed E-state index contributed by atoms with van der Waals surface area (Å²) in [6.45, 7) is 6.88. The van der Waals surface area contributed by atoms with Gasteiger partial charge in [-0.05, 0) is 109 Å². The van der Waals surface area contributed by atoms with E-state index in [1.807, 2.05) is 33.3 Å². The summed E-state index contributed by atoms with van der Waals surface area (Å²) in [5.41, 5.74) is 0. The number of rotatable bonds is 62. The van der Waals surface area contributed by atoms with Crippen LogP contribution in [0.3, 0.4) is 0 Å². The van der Waals surface area contributed by atoms with E-state index in [0.29, 0.717) is 17.4 Å². The normalized spacial score (nSPS) is 14.2. The number of phosphoric ester groups is 1. The molecule has 0 aliphatic rings. The Morgan fingerprint density at radius 2 is 0.771 bits per heavy atom. The standard InChI is InChI=1S/C73H131N2O7P/c1-7-10-13-16-19-22-25-28-30-32-33-34-35-36-37-38-39-40-41-43-45-48-51-54-57-60-63-66-73(77)82-71(64-61-58-55-52-49-46-27-24-21-18-15-12-9-3)70(69-81-83(78,79)80-68-67-75(4,5)6)74-72(76)65-62-59-56-53-50-47-44-42-31-29-26-23-20-17-14-11-8-2/h10,13,19-20,22-23,28-31,33-34,36-37,61,64,70-71H,7-9,11-12,14-18,21,24-27,32,35,38-60,62-63,65-69H2,1-6H3,(H-,74,76,78,79)/p+1/b13-10-,22-19-,23-20-,30-28-,31-29-,34-33-,37-36-,64-61-. The van der Waals surface area contributed by atoms with Gasteiger partial charge in [-0.25, -0.2) is 4.57 Å². The van der Waals surface area contributed by atoms with Gasteiger partial charge < -0.3 is 19.4 Å². The van der Waals surface area contributed by atoms with Crippen molar-refractivity contribution in [2.75, 3.05) is 40.9 Å². The van der Waals surface area contributed by atoms with E-state index in [0.717, 1.165) is 109 Å². The summed E-state index contributed by atoms with van der Waals surface area (Å²) in [4.78, 5) is 37.9. The minimum absolute atomic E-state index is 0.0349. The van der Waals surface area contributed by atoms with Crippen molar-refractivity contribution >= 4 is 19.7 Å². The molecule has 0 saturated heterocycles. The SMILES string of the molecule is CC/C=C\C/C=C\C/C=C\C/C=C\C/C=C\CCCCCCCCCCCCCC(=O)OC(/C=C\CCCCCCCCCCCCC)C(COP(=O)(O)OCC[N+](C)(C)C)NC(=O)CCCCCCCCC/C=C\C/C=C\CCCCC. The Bertz CT molecular complexity index is 1740. The first kappa shape index (κ1) is 79.9. The van der Waals surface area contributed by atoms with Crippen molar-refractivity contribution in [3.05, 3.63) is 97.2 Å². The van der Waals surface area contributed by atoms with Gasteiger partial charge in [-0.3, -0.25) is 18.6 Å². The molecule has 10 heteroatoms. The molecule has 0 rings (SSSR count). The number of quaternary nitrogens is 1. The Morgan fingerprint density at radius 3 is 1.18 bits per heavy atom. The van der Waals surface area contributed by atoms with E-state index in [2.05, 4.69) is 111 Å². The fraction of sp³-hybridized carbons (Fsp3) is 0.753. The number of nitrogens with one attached hydrogen (secondary N) is 1. The van der Waals surface area contributed by atoms with E-state index >= 15 is 0 Å². The second-order valence-corrected chi connectivity index (χ2v) is 25.8. The zero-order valence-corrected chi connectivity index (χ0v) is 55.8. The fourth-order valence-corrected chi connectivity index (χ4v) is 10.4. The predicted molar refractivity (Wildman–Crippen MR) is 360 cm³/mol. The van der Waals surface area contributed by atoms with E-state index in [1.54, 1.807) is 0 Å². The molecule has 0 saturated carbocycles. The molecule has 0 aliphatic heterocycles. The number of carbonyl (C=O) groups excluding carboxylic acids is 2. The number of likely N-dealkylation sites (N-methyl/N-ethyl adjacent to an activating group) is 1. The van der Waals surface area contributed by atoms with Crippen LogP contribution >= 0.6 is 7.82 Å². The third-order valence-electron chi connectivity index (χ3n) is 15.0. The molecule has 0 aromatic carbocycles. The van der Waals surface area contributed by atoms with E-state index in [-0.39, 0.29) is 31.5 Å². The fourth-order valence-electron chi connectivity index (χ4n) is 9.70. The third-order valence-corrected chi connectivity index (χ3v) is 16.0. The molecule has 83 heavy (non-hydrogen) atoms. The van der Waals surface area contributed by atoms with Gasteiger partial charge in [0.05, 0.1) is 33.8 Å². The van der Waals surface area contributed by atoms with Gasteiger partial charge in [-0.2, -0.15) is 0 Å². The quantitative estimate of drug-likeness (QED) is 0.0205. The predicted octanol–water partition coefficient (Wildman–Crippen LogP) is 21.9. The summed E-state index contributed by atoms with van der Waals surface area (Å²) >= 11 is 0. The lowest BCUT2D eigenvalue weighted by molar-refractivity contribution is -0.870. The highest BCUT2D eigenvalue weighted by molar-refractivity contribution is 7.47. The lowest BCUT2D eigenvalue weighted by Crippen LogP contribution is -2.47. The first-order valence-corrected chi connectivity index (χ1v) is 36.1. The zero-order chi connectivity index (χ0) is 60.7. The Kier molecular flexibility index (Phi) is 59.7. The monoisotopic (exact) mass is 1180 g/mol. The van der Waals surface area contributed by atoms with Crippen LogP contribution in [-0.2, 0) is 27.9 Å². The van der Waals surface area contributed by atoms with Crippen molar-refractivity contribution in [2.45, 2.75) is 315 Å². The molecule has 480 valence electrons. The van der Waals surface area contributed by atoms with Crippen LogP contribution in [0.5, 0.6) is 0 Å². The van der Waals surface area contributed by atoms with Crippen LogP contribution in [0.1, 0.15) is 303 Å². The number of unbranched alkanes of at least 4 members (excludes halogenated alkanes) is 32. The lowest BCUT2D eigenvalue weighted by atomic mass is 10.0. The molecule has 1 amide bonds. The molecule has 0 aromatic rings. The Morgan fingerprint density at radius 1 is 0.434 bits per heavy atom. The molecule has 0 aromatic heterocycles. The molecular formula is C73H132N2O7P+. The molecule has 2 N–H and O–H groups in total. The average molecular weight is 1180 g/mol. The van der Waals surface area contributed by atoms with Crippen molar-refractivity contribution < 1.29 is 37.3 Å². The first-order valence-electron chi connectivity index (χ1n) is 34.6. The lowest BCUT2D eigenvalue weighted by Gasteiger charge is -2.27. The summed E-state index contributed by atoms with van der Waals surface area (Å²) in [7, 11) is 1.48. The molecule has 3 atom stereocenters. The second kappa shape index (κ2) is 62.0. The second-order valence-electron chi connectivity index (χ2n) is 24.3. The van der Waals surface area contributed by atoms with Crippen LogP contribution in [-0.4, -0.2) is 74.3 Å². The minimum atomic E-state index is -4.46. The van der Waals surface area contributed by atoms with Crippen LogP contribution in [0.4, 0.5) is 0 Å². The number of phosphoric acid groups is 1. The van der Waals surface area contributed by atoms with E-state index < -0.39 is 20.0 Å². The molecule has 0 spiro atoms. The highest BCUT2D eigenvalue weighted by Gasteiger charge is 2.30. The topological polar surface area (TPSA) is 111 Å².